The third-order valence-corrected chi connectivity index (χ3v) is 8.10. The predicted octanol–water partition coefficient (Wildman–Crippen LogP) is 6.10. The van der Waals surface area contributed by atoms with Gasteiger partial charge in [-0.2, -0.15) is 0 Å². The minimum absolute atomic E-state index is 0.0163. The lowest BCUT2D eigenvalue weighted by Gasteiger charge is -2.36. The normalized spacial score (nSPS) is 18.5. The highest BCUT2D eigenvalue weighted by Gasteiger charge is 2.28. The molecule has 0 saturated heterocycles. The fourth-order valence-electron chi connectivity index (χ4n) is 4.00. The molecular weight excluding hydrogens is 442 g/mol. The average molecular weight is 476 g/mol. The number of carboxylic acids is 1. The van der Waals surface area contributed by atoms with Gasteiger partial charge in [0.25, 0.3) is 0 Å². The first-order valence-electron chi connectivity index (χ1n) is 11.3. The first kappa shape index (κ1) is 24.6. The van der Waals surface area contributed by atoms with Gasteiger partial charge in [0.15, 0.2) is 5.13 Å². The Kier molecular flexibility index (Phi) is 8.99. The van der Waals surface area contributed by atoms with E-state index in [1.165, 1.54) is 34.2 Å². The third kappa shape index (κ3) is 7.24. The summed E-state index contributed by atoms with van der Waals surface area (Å²) in [6.07, 6.45) is 6.78. The van der Waals surface area contributed by atoms with Crippen molar-refractivity contribution in [1.29, 1.82) is 0 Å². The van der Waals surface area contributed by atoms with Crippen molar-refractivity contribution >= 4 is 40.2 Å². The monoisotopic (exact) mass is 475 g/mol. The second-order valence-electron chi connectivity index (χ2n) is 8.85. The molecule has 1 aromatic heterocycles. The minimum atomic E-state index is -0.867. The molecule has 2 amide bonds. The van der Waals surface area contributed by atoms with Gasteiger partial charge in [0, 0.05) is 12.6 Å². The largest absolute Gasteiger partial charge is 0.481 e. The number of amides is 2. The van der Waals surface area contributed by atoms with Gasteiger partial charge in [-0.05, 0) is 55.1 Å². The summed E-state index contributed by atoms with van der Waals surface area (Å²) >= 11 is 2.53. The molecule has 1 aliphatic carbocycles. The number of nitrogens with zero attached hydrogens (tertiary/aromatic N) is 2. The van der Waals surface area contributed by atoms with E-state index < -0.39 is 5.97 Å². The van der Waals surface area contributed by atoms with E-state index in [0.29, 0.717) is 23.5 Å². The molecular formula is C24H33N3O3S2. The summed E-state index contributed by atoms with van der Waals surface area (Å²) < 4.78 is 0.783. The lowest BCUT2D eigenvalue weighted by molar-refractivity contribution is -0.133. The van der Waals surface area contributed by atoms with Crippen molar-refractivity contribution in [3.8, 4) is 0 Å². The number of anilines is 1. The van der Waals surface area contributed by atoms with E-state index in [1.807, 2.05) is 4.90 Å². The van der Waals surface area contributed by atoms with Gasteiger partial charge in [-0.25, -0.2) is 9.78 Å². The quantitative estimate of drug-likeness (QED) is 0.428. The van der Waals surface area contributed by atoms with Crippen LogP contribution in [0.4, 0.5) is 9.93 Å². The molecule has 0 spiro atoms. The van der Waals surface area contributed by atoms with Crippen molar-refractivity contribution in [3.05, 3.63) is 41.6 Å². The Labute approximate surface area is 198 Å². The maximum Gasteiger partial charge on any atom is 0.323 e. The number of rotatable bonds is 9. The van der Waals surface area contributed by atoms with Crippen LogP contribution in [0.25, 0.3) is 0 Å². The molecule has 3 rings (SSSR count). The van der Waals surface area contributed by atoms with Gasteiger partial charge in [0.1, 0.15) is 0 Å². The highest BCUT2D eigenvalue weighted by atomic mass is 32.2. The summed E-state index contributed by atoms with van der Waals surface area (Å²) in [5.74, 6) is 0.338. The Balaban J connectivity index is 1.65. The third-order valence-electron chi connectivity index (χ3n) is 6.01. The summed E-state index contributed by atoms with van der Waals surface area (Å²) in [7, 11) is 0. The number of hydrogen-bond donors (Lipinski definition) is 2. The van der Waals surface area contributed by atoms with Gasteiger partial charge < -0.3 is 10.0 Å². The Morgan fingerprint density at radius 1 is 1.22 bits per heavy atom. The van der Waals surface area contributed by atoms with E-state index >= 15 is 0 Å². The summed E-state index contributed by atoms with van der Waals surface area (Å²) in [6, 6.07) is 8.81. The highest BCUT2D eigenvalue weighted by Crippen LogP contribution is 2.30. The molecule has 1 aliphatic rings. The van der Waals surface area contributed by atoms with Crippen LogP contribution in [0.3, 0.4) is 0 Å². The smallest absolute Gasteiger partial charge is 0.323 e. The Bertz CT molecular complexity index is 890. The number of carboxylic acid groups (broad SMARTS) is 1. The first-order valence-corrected chi connectivity index (χ1v) is 13.1. The number of nitrogens with one attached hydrogen (secondary N) is 1. The van der Waals surface area contributed by atoms with Crippen LogP contribution in [0.1, 0.15) is 63.5 Å². The molecule has 2 N–H and O–H groups in total. The fraction of sp³-hybridized carbons (Fsp3) is 0.542. The topological polar surface area (TPSA) is 82.5 Å². The molecule has 0 atom stereocenters. The van der Waals surface area contributed by atoms with Crippen molar-refractivity contribution in [2.75, 3.05) is 17.6 Å². The van der Waals surface area contributed by atoms with Crippen molar-refractivity contribution in [2.24, 2.45) is 5.92 Å². The molecule has 2 aromatic rings. The number of carbonyl (C=O) groups excluding carboxylic acids is 1. The Hall–Kier alpha value is -2.06. The van der Waals surface area contributed by atoms with Crippen molar-refractivity contribution in [2.45, 2.75) is 69.0 Å². The van der Waals surface area contributed by atoms with E-state index in [0.717, 1.165) is 36.3 Å². The fourth-order valence-corrected chi connectivity index (χ4v) is 5.58. The second-order valence-corrected chi connectivity index (χ2v) is 11.2. The average Bonchev–Trinajstić information content (AvgIpc) is 3.21. The van der Waals surface area contributed by atoms with Crippen molar-refractivity contribution < 1.29 is 14.7 Å². The number of aliphatic carboxylic acids is 1. The van der Waals surface area contributed by atoms with Gasteiger partial charge in [-0.15, -0.1) is 11.8 Å². The lowest BCUT2D eigenvalue weighted by atomic mass is 9.86. The number of aromatic nitrogens is 1. The highest BCUT2D eigenvalue weighted by molar-refractivity contribution is 8.01. The zero-order valence-electron chi connectivity index (χ0n) is 19.0. The molecule has 0 bridgehead atoms. The van der Waals surface area contributed by atoms with Crippen LogP contribution in [0, 0.1) is 5.92 Å². The van der Waals surface area contributed by atoms with E-state index in [2.05, 4.69) is 55.3 Å². The van der Waals surface area contributed by atoms with Crippen LogP contribution in [-0.4, -0.2) is 45.3 Å². The maximum absolute atomic E-state index is 13.2. The van der Waals surface area contributed by atoms with Gasteiger partial charge in [0.05, 0.1) is 16.2 Å². The molecule has 0 radical (unpaired) electrons. The van der Waals surface area contributed by atoms with Crippen LogP contribution < -0.4 is 5.32 Å². The van der Waals surface area contributed by atoms with Gasteiger partial charge in [-0.3, -0.25) is 10.1 Å². The van der Waals surface area contributed by atoms with Crippen LogP contribution in [0.15, 0.2) is 34.7 Å². The standard InChI is InChI=1S/C24H33N3O3S2/c1-16(2)19-8-6-18(7-9-19)12-13-27(20-10-4-17(3)5-11-20)24(30)26-23-25-14-22(32-23)31-15-21(28)29/h6-9,14,16-17,20H,4-5,10-13,15H2,1-3H3,(H,28,29)(H,25,26,30)/t17-,20-. The number of thiazole rings is 1. The zero-order chi connectivity index (χ0) is 23.1. The van der Waals surface area contributed by atoms with Crippen LogP contribution in [0.5, 0.6) is 0 Å². The SMILES string of the molecule is CC(C)c1ccc(CCN(C(=O)Nc2ncc(SCC(=O)O)s2)[C@H]2CC[C@H](C)CC2)cc1. The molecule has 1 heterocycles. The molecule has 1 aromatic carbocycles. The van der Waals surface area contributed by atoms with Crippen molar-refractivity contribution in [3.63, 3.8) is 0 Å². The lowest BCUT2D eigenvalue weighted by Crippen LogP contribution is -2.45. The molecule has 6 nitrogen and oxygen atoms in total. The number of hydrogen-bond acceptors (Lipinski definition) is 5. The van der Waals surface area contributed by atoms with Crippen LogP contribution >= 0.6 is 23.1 Å². The number of urea groups is 1. The maximum atomic E-state index is 13.2. The van der Waals surface area contributed by atoms with Gasteiger partial charge in [-0.1, -0.05) is 56.4 Å². The summed E-state index contributed by atoms with van der Waals surface area (Å²) in [4.78, 5) is 30.2. The first-order chi connectivity index (χ1) is 15.3. The molecule has 174 valence electrons. The van der Waals surface area contributed by atoms with Gasteiger partial charge >= 0.3 is 12.0 Å². The molecule has 1 fully saturated rings. The Morgan fingerprint density at radius 3 is 2.53 bits per heavy atom. The summed E-state index contributed by atoms with van der Waals surface area (Å²) in [6.45, 7) is 7.32. The van der Waals surface area contributed by atoms with E-state index in [1.54, 1.807) is 6.20 Å². The second kappa shape index (κ2) is 11.7. The predicted molar refractivity (Wildman–Crippen MR) is 132 cm³/mol. The molecule has 8 heteroatoms. The number of benzene rings is 1. The molecule has 32 heavy (non-hydrogen) atoms. The summed E-state index contributed by atoms with van der Waals surface area (Å²) in [5.41, 5.74) is 2.56. The number of thioether (sulfide) groups is 1. The molecule has 0 unspecified atom stereocenters. The van der Waals surface area contributed by atoms with Crippen LogP contribution in [0.2, 0.25) is 0 Å². The van der Waals surface area contributed by atoms with Crippen molar-refractivity contribution in [1.82, 2.24) is 9.88 Å². The zero-order valence-corrected chi connectivity index (χ0v) is 20.7. The summed E-state index contributed by atoms with van der Waals surface area (Å²) in [5, 5.41) is 12.3. The Morgan fingerprint density at radius 2 is 1.91 bits per heavy atom. The molecule has 0 aliphatic heterocycles. The van der Waals surface area contributed by atoms with Crippen LogP contribution in [-0.2, 0) is 11.2 Å². The van der Waals surface area contributed by atoms with Gasteiger partial charge in [0.2, 0.25) is 0 Å². The van der Waals surface area contributed by atoms with E-state index in [4.69, 9.17) is 5.11 Å². The molecule has 1 saturated carbocycles. The van der Waals surface area contributed by atoms with E-state index in [-0.39, 0.29) is 17.8 Å². The van der Waals surface area contributed by atoms with E-state index in [9.17, 15) is 9.59 Å². The number of carbonyl (C=O) groups is 2. The minimum Gasteiger partial charge on any atom is -0.481 e.